The van der Waals surface area contributed by atoms with Crippen molar-refractivity contribution in [1.29, 1.82) is 0 Å². The highest BCUT2D eigenvalue weighted by molar-refractivity contribution is 4.99. The molecule has 1 radical (unpaired) electrons. The number of hydrogen-bond acceptors (Lipinski definition) is 0. The lowest BCUT2D eigenvalue weighted by Crippen LogP contribution is -2.07. The molecule has 0 rings (SSSR count). The maximum atomic E-state index is 5.36. The molecule has 0 fully saturated rings. The monoisotopic (exact) mass is 151 g/mol. The first-order valence-corrected chi connectivity index (χ1v) is 4.29. The Labute approximate surface area is 71.4 Å². The summed E-state index contributed by atoms with van der Waals surface area (Å²) in [7, 11) is 0. The van der Waals surface area contributed by atoms with Gasteiger partial charge in [-0.25, -0.2) is 0 Å². The van der Waals surface area contributed by atoms with E-state index in [0.717, 1.165) is 6.42 Å². The number of hydrogen-bond donors (Lipinski definition) is 0. The molecule has 0 saturated heterocycles. The van der Waals surface area contributed by atoms with Crippen molar-refractivity contribution in [3.63, 3.8) is 0 Å². The molecular formula is C11H19. The van der Waals surface area contributed by atoms with Crippen LogP contribution < -0.4 is 0 Å². The summed E-state index contributed by atoms with van der Waals surface area (Å²) in [6.45, 7) is 10.3. The van der Waals surface area contributed by atoms with Crippen molar-refractivity contribution >= 4 is 0 Å². The first-order valence-electron chi connectivity index (χ1n) is 4.29. The third-order valence-electron chi connectivity index (χ3n) is 1.89. The van der Waals surface area contributed by atoms with E-state index >= 15 is 0 Å². The van der Waals surface area contributed by atoms with Crippen molar-refractivity contribution in [2.45, 2.75) is 40.0 Å². The zero-order chi connectivity index (χ0) is 8.91. The molecule has 1 atom stereocenters. The predicted octanol–water partition coefficient (Wildman–Crippen LogP) is 3.29. The number of rotatable bonds is 4. The molecule has 0 aromatic heterocycles. The van der Waals surface area contributed by atoms with Crippen LogP contribution in [0.4, 0.5) is 0 Å². The van der Waals surface area contributed by atoms with E-state index in [2.05, 4.69) is 33.6 Å². The SMILES string of the molecule is C#CC(C)(C)CCCC([CH2])C. The van der Waals surface area contributed by atoms with Crippen LogP contribution in [0.1, 0.15) is 40.0 Å². The van der Waals surface area contributed by atoms with Crippen molar-refractivity contribution in [3.05, 3.63) is 6.92 Å². The molecule has 0 N–H and O–H groups in total. The van der Waals surface area contributed by atoms with Gasteiger partial charge in [0.05, 0.1) is 0 Å². The van der Waals surface area contributed by atoms with Gasteiger partial charge in [0.25, 0.3) is 0 Å². The summed E-state index contributed by atoms with van der Waals surface area (Å²) in [5, 5.41) is 0. The summed E-state index contributed by atoms with van der Waals surface area (Å²) in [6.07, 6.45) is 8.85. The zero-order valence-electron chi connectivity index (χ0n) is 7.98. The normalized spacial score (nSPS) is 11.6. The van der Waals surface area contributed by atoms with Gasteiger partial charge < -0.3 is 0 Å². The Balaban J connectivity index is 3.48. The van der Waals surface area contributed by atoms with Gasteiger partial charge in [-0.1, -0.05) is 26.7 Å². The highest BCUT2D eigenvalue weighted by Crippen LogP contribution is 2.22. The average Bonchev–Trinajstić information content (AvgIpc) is 1.87. The van der Waals surface area contributed by atoms with E-state index in [-0.39, 0.29) is 5.41 Å². The summed E-state index contributed by atoms with van der Waals surface area (Å²) in [5.74, 6) is 3.35. The second-order valence-electron chi connectivity index (χ2n) is 4.03. The summed E-state index contributed by atoms with van der Waals surface area (Å²) in [6, 6.07) is 0. The van der Waals surface area contributed by atoms with Gasteiger partial charge in [-0.05, 0) is 26.2 Å². The van der Waals surface area contributed by atoms with Crippen molar-refractivity contribution in [3.8, 4) is 12.3 Å². The molecule has 11 heavy (non-hydrogen) atoms. The fourth-order valence-electron chi connectivity index (χ4n) is 0.965. The van der Waals surface area contributed by atoms with Gasteiger partial charge >= 0.3 is 0 Å². The Bertz CT molecular complexity index is 135. The zero-order valence-corrected chi connectivity index (χ0v) is 7.98. The molecule has 0 aliphatic carbocycles. The number of terminal acetylenes is 1. The molecule has 0 aromatic carbocycles. The molecule has 0 amide bonds. The second-order valence-corrected chi connectivity index (χ2v) is 4.03. The molecule has 0 aliphatic heterocycles. The fourth-order valence-corrected chi connectivity index (χ4v) is 0.965. The maximum Gasteiger partial charge on any atom is 0.0255 e. The minimum absolute atomic E-state index is 0.0783. The molecule has 0 aliphatic rings. The van der Waals surface area contributed by atoms with E-state index in [1.165, 1.54) is 12.8 Å². The van der Waals surface area contributed by atoms with Crippen LogP contribution in [-0.2, 0) is 0 Å². The third kappa shape index (κ3) is 5.98. The van der Waals surface area contributed by atoms with E-state index < -0.39 is 0 Å². The van der Waals surface area contributed by atoms with Gasteiger partial charge in [0.2, 0.25) is 0 Å². The molecule has 0 saturated carbocycles. The standard InChI is InChI=1S/C11H19/c1-6-11(4,5)9-7-8-10(2)3/h1,10H,2,7-9H2,3-5H3. The Morgan fingerprint density at radius 2 is 2.09 bits per heavy atom. The Morgan fingerprint density at radius 3 is 2.45 bits per heavy atom. The van der Waals surface area contributed by atoms with Crippen molar-refractivity contribution in [2.75, 3.05) is 0 Å². The highest BCUT2D eigenvalue weighted by Gasteiger charge is 2.12. The molecule has 63 valence electrons. The molecular weight excluding hydrogens is 132 g/mol. The average molecular weight is 151 g/mol. The van der Waals surface area contributed by atoms with Crippen LogP contribution in [0.15, 0.2) is 0 Å². The molecule has 1 unspecified atom stereocenters. The smallest absolute Gasteiger partial charge is 0.0255 e. The summed E-state index contributed by atoms with van der Waals surface area (Å²) in [5.41, 5.74) is 0.0783. The molecule has 0 bridgehead atoms. The Kier molecular flexibility index (Phi) is 4.26. The summed E-state index contributed by atoms with van der Waals surface area (Å²) in [4.78, 5) is 0. The van der Waals surface area contributed by atoms with Gasteiger partial charge in [-0.3, -0.25) is 0 Å². The van der Waals surface area contributed by atoms with Gasteiger partial charge in [-0.2, -0.15) is 0 Å². The van der Waals surface area contributed by atoms with Gasteiger partial charge in [0.1, 0.15) is 0 Å². The van der Waals surface area contributed by atoms with Gasteiger partial charge in [0, 0.05) is 5.41 Å². The van der Waals surface area contributed by atoms with Crippen LogP contribution in [0, 0.1) is 30.6 Å². The molecule has 0 aromatic rings. The van der Waals surface area contributed by atoms with Gasteiger partial charge in [-0.15, -0.1) is 12.3 Å². The van der Waals surface area contributed by atoms with Crippen LogP contribution in [0.25, 0.3) is 0 Å². The lowest BCUT2D eigenvalue weighted by atomic mass is 9.87. The van der Waals surface area contributed by atoms with Crippen molar-refractivity contribution in [2.24, 2.45) is 11.3 Å². The third-order valence-corrected chi connectivity index (χ3v) is 1.89. The Morgan fingerprint density at radius 1 is 1.55 bits per heavy atom. The topological polar surface area (TPSA) is 0 Å². The van der Waals surface area contributed by atoms with E-state index in [9.17, 15) is 0 Å². The summed E-state index contributed by atoms with van der Waals surface area (Å²) < 4.78 is 0. The van der Waals surface area contributed by atoms with Crippen LogP contribution in [0.5, 0.6) is 0 Å². The minimum Gasteiger partial charge on any atom is -0.120 e. The first-order chi connectivity index (χ1) is 4.98. The highest BCUT2D eigenvalue weighted by atomic mass is 14.2. The lowest BCUT2D eigenvalue weighted by Gasteiger charge is -2.17. The molecule has 0 spiro atoms. The molecule has 0 heterocycles. The quantitative estimate of drug-likeness (QED) is 0.541. The lowest BCUT2D eigenvalue weighted by molar-refractivity contribution is 0.416. The fraction of sp³-hybridized carbons (Fsp3) is 0.727. The van der Waals surface area contributed by atoms with Crippen LogP contribution in [-0.4, -0.2) is 0 Å². The van der Waals surface area contributed by atoms with E-state index in [1.54, 1.807) is 0 Å². The predicted molar refractivity (Wildman–Crippen MR) is 51.0 cm³/mol. The maximum absolute atomic E-state index is 5.36. The van der Waals surface area contributed by atoms with Crippen molar-refractivity contribution < 1.29 is 0 Å². The minimum atomic E-state index is 0.0783. The van der Waals surface area contributed by atoms with Crippen LogP contribution >= 0.6 is 0 Å². The van der Waals surface area contributed by atoms with Crippen LogP contribution in [0.3, 0.4) is 0 Å². The van der Waals surface area contributed by atoms with Crippen LogP contribution in [0.2, 0.25) is 0 Å². The first kappa shape index (κ1) is 10.6. The molecule has 0 nitrogen and oxygen atoms in total. The van der Waals surface area contributed by atoms with E-state index in [4.69, 9.17) is 6.42 Å². The van der Waals surface area contributed by atoms with E-state index in [0.29, 0.717) is 5.92 Å². The molecule has 0 heteroatoms. The van der Waals surface area contributed by atoms with E-state index in [1.807, 2.05) is 0 Å². The van der Waals surface area contributed by atoms with Gasteiger partial charge in [0.15, 0.2) is 0 Å². The summed E-state index contributed by atoms with van der Waals surface area (Å²) >= 11 is 0. The second kappa shape index (κ2) is 4.44. The Hall–Kier alpha value is -0.440. The largest absolute Gasteiger partial charge is 0.120 e. The van der Waals surface area contributed by atoms with Crippen molar-refractivity contribution in [1.82, 2.24) is 0 Å².